The van der Waals surface area contributed by atoms with E-state index in [1.54, 1.807) is 0 Å². The Morgan fingerprint density at radius 3 is 3.14 bits per heavy atom. The highest BCUT2D eigenvalue weighted by atomic mass is 16.5. The molecule has 0 aromatic carbocycles. The van der Waals surface area contributed by atoms with E-state index in [0.717, 1.165) is 25.3 Å². The number of likely N-dealkylation sites (N-methyl/N-ethyl adjacent to an activating group) is 1. The maximum atomic E-state index is 7.10. The molecule has 77 valence electrons. The fourth-order valence-corrected chi connectivity index (χ4v) is 1.88. The summed E-state index contributed by atoms with van der Waals surface area (Å²) in [6.45, 7) is 2.23. The number of aromatic nitrogens is 2. The summed E-state index contributed by atoms with van der Waals surface area (Å²) < 4.78 is 4.94. The summed E-state index contributed by atoms with van der Waals surface area (Å²) in [5.41, 5.74) is 7.10. The van der Waals surface area contributed by atoms with Crippen molar-refractivity contribution in [3.8, 4) is 0 Å². The molecule has 1 unspecified atom stereocenters. The SMILES string of the molecule is CN1CCCC(c2noc(C[NH])n2)C1. The van der Waals surface area contributed by atoms with Crippen LogP contribution < -0.4 is 5.73 Å². The molecule has 1 aromatic rings. The van der Waals surface area contributed by atoms with Gasteiger partial charge in [-0.2, -0.15) is 4.98 Å². The third-order valence-corrected chi connectivity index (χ3v) is 2.62. The Balaban J connectivity index is 2.06. The standard InChI is InChI=1S/C9H15N4O/c1-13-4-2-3-7(6-13)9-11-8(5-10)14-12-9/h7,10H,2-6H2,1H3. The number of rotatable bonds is 2. The smallest absolute Gasteiger partial charge is 0.242 e. The average Bonchev–Trinajstić information content (AvgIpc) is 2.66. The average molecular weight is 195 g/mol. The van der Waals surface area contributed by atoms with Crippen LogP contribution in [0, 0.1) is 0 Å². The minimum atomic E-state index is 0.0789. The van der Waals surface area contributed by atoms with Crippen molar-refractivity contribution in [3.63, 3.8) is 0 Å². The molecule has 1 atom stereocenters. The summed E-state index contributed by atoms with van der Waals surface area (Å²) in [7, 11) is 2.11. The topological polar surface area (TPSA) is 66.0 Å². The largest absolute Gasteiger partial charge is 0.338 e. The first kappa shape index (κ1) is 9.61. The highest BCUT2D eigenvalue weighted by molar-refractivity contribution is 4.98. The van der Waals surface area contributed by atoms with Crippen LogP contribution in [0.2, 0.25) is 0 Å². The highest BCUT2D eigenvalue weighted by Crippen LogP contribution is 2.23. The molecule has 1 aromatic heterocycles. The highest BCUT2D eigenvalue weighted by Gasteiger charge is 2.23. The van der Waals surface area contributed by atoms with Crippen molar-refractivity contribution >= 4 is 0 Å². The van der Waals surface area contributed by atoms with E-state index in [1.807, 2.05) is 0 Å². The molecule has 5 nitrogen and oxygen atoms in total. The summed E-state index contributed by atoms with van der Waals surface area (Å²) in [4.78, 5) is 6.48. The molecule has 1 radical (unpaired) electrons. The van der Waals surface area contributed by atoms with E-state index < -0.39 is 0 Å². The molecule has 5 heteroatoms. The van der Waals surface area contributed by atoms with Gasteiger partial charge in [0.25, 0.3) is 0 Å². The quantitative estimate of drug-likeness (QED) is 0.695. The number of hydrogen-bond acceptors (Lipinski definition) is 4. The Morgan fingerprint density at radius 1 is 1.64 bits per heavy atom. The van der Waals surface area contributed by atoms with Crippen molar-refractivity contribution in [1.82, 2.24) is 20.8 Å². The lowest BCUT2D eigenvalue weighted by molar-refractivity contribution is 0.242. The molecule has 0 saturated carbocycles. The Morgan fingerprint density at radius 2 is 2.50 bits per heavy atom. The van der Waals surface area contributed by atoms with E-state index in [2.05, 4.69) is 22.1 Å². The van der Waals surface area contributed by atoms with Gasteiger partial charge < -0.3 is 9.42 Å². The van der Waals surface area contributed by atoms with Gasteiger partial charge in [-0.3, -0.25) is 0 Å². The number of hydrogen-bond donors (Lipinski definition) is 0. The van der Waals surface area contributed by atoms with Gasteiger partial charge >= 0.3 is 0 Å². The third-order valence-electron chi connectivity index (χ3n) is 2.62. The van der Waals surface area contributed by atoms with E-state index in [-0.39, 0.29) is 6.54 Å². The third kappa shape index (κ3) is 1.93. The fraction of sp³-hybridized carbons (Fsp3) is 0.778. The maximum Gasteiger partial charge on any atom is 0.242 e. The Kier molecular flexibility index (Phi) is 2.79. The van der Waals surface area contributed by atoms with Gasteiger partial charge in [-0.05, 0) is 26.4 Å². The molecular weight excluding hydrogens is 180 g/mol. The van der Waals surface area contributed by atoms with Crippen molar-refractivity contribution in [2.45, 2.75) is 25.3 Å². The summed E-state index contributed by atoms with van der Waals surface area (Å²) in [6, 6.07) is 0. The predicted molar refractivity (Wildman–Crippen MR) is 50.6 cm³/mol. The van der Waals surface area contributed by atoms with Crippen LogP contribution >= 0.6 is 0 Å². The second-order valence-corrected chi connectivity index (χ2v) is 3.82. The van der Waals surface area contributed by atoms with E-state index in [0.29, 0.717) is 11.8 Å². The van der Waals surface area contributed by atoms with Gasteiger partial charge in [0, 0.05) is 12.5 Å². The van der Waals surface area contributed by atoms with Crippen molar-refractivity contribution in [2.75, 3.05) is 20.1 Å². The first-order valence-corrected chi connectivity index (χ1v) is 4.95. The molecule has 0 aliphatic carbocycles. The van der Waals surface area contributed by atoms with Crippen LogP contribution in [-0.4, -0.2) is 35.2 Å². The zero-order chi connectivity index (χ0) is 9.97. The van der Waals surface area contributed by atoms with Crippen molar-refractivity contribution in [1.29, 1.82) is 0 Å². The molecule has 1 aliphatic heterocycles. The molecule has 1 saturated heterocycles. The van der Waals surface area contributed by atoms with E-state index in [9.17, 15) is 0 Å². The molecule has 1 fully saturated rings. The van der Waals surface area contributed by atoms with Crippen LogP contribution in [0.5, 0.6) is 0 Å². The Bertz CT molecular complexity index is 299. The second kappa shape index (κ2) is 4.06. The van der Waals surface area contributed by atoms with Crippen LogP contribution in [0.25, 0.3) is 0 Å². The Hall–Kier alpha value is -0.940. The van der Waals surface area contributed by atoms with Gasteiger partial charge in [-0.1, -0.05) is 5.16 Å². The molecule has 0 amide bonds. The van der Waals surface area contributed by atoms with Crippen LogP contribution in [-0.2, 0) is 6.54 Å². The maximum absolute atomic E-state index is 7.10. The van der Waals surface area contributed by atoms with Gasteiger partial charge in [0.15, 0.2) is 5.82 Å². The summed E-state index contributed by atoms with van der Waals surface area (Å²) >= 11 is 0. The zero-order valence-electron chi connectivity index (χ0n) is 8.36. The predicted octanol–water partition coefficient (Wildman–Crippen LogP) is 0.662. The minimum Gasteiger partial charge on any atom is -0.338 e. The zero-order valence-corrected chi connectivity index (χ0v) is 8.36. The van der Waals surface area contributed by atoms with Crippen LogP contribution in [0.4, 0.5) is 0 Å². The lowest BCUT2D eigenvalue weighted by Crippen LogP contribution is -2.31. The van der Waals surface area contributed by atoms with Crippen LogP contribution in [0.3, 0.4) is 0 Å². The normalized spacial score (nSPS) is 24.0. The monoisotopic (exact) mass is 195 g/mol. The molecule has 1 N–H and O–H groups in total. The molecular formula is C9H15N4O. The lowest BCUT2D eigenvalue weighted by Gasteiger charge is -2.27. The molecule has 2 heterocycles. The van der Waals surface area contributed by atoms with E-state index in [4.69, 9.17) is 10.3 Å². The van der Waals surface area contributed by atoms with Gasteiger partial charge in [0.1, 0.15) is 0 Å². The van der Waals surface area contributed by atoms with Crippen LogP contribution in [0.1, 0.15) is 30.5 Å². The van der Waals surface area contributed by atoms with Gasteiger partial charge in [-0.15, -0.1) is 0 Å². The number of nitrogens with one attached hydrogen (secondary N) is 1. The van der Waals surface area contributed by atoms with Crippen LogP contribution in [0.15, 0.2) is 4.52 Å². The van der Waals surface area contributed by atoms with Crippen molar-refractivity contribution in [2.24, 2.45) is 0 Å². The van der Waals surface area contributed by atoms with Crippen molar-refractivity contribution in [3.05, 3.63) is 11.7 Å². The minimum absolute atomic E-state index is 0.0789. The first-order chi connectivity index (χ1) is 6.79. The fourth-order valence-electron chi connectivity index (χ4n) is 1.88. The summed E-state index contributed by atoms with van der Waals surface area (Å²) in [5.74, 6) is 1.59. The van der Waals surface area contributed by atoms with Gasteiger partial charge in [-0.25, -0.2) is 5.73 Å². The molecule has 1 aliphatic rings. The molecule has 2 rings (SSSR count). The van der Waals surface area contributed by atoms with E-state index in [1.165, 1.54) is 6.42 Å². The van der Waals surface area contributed by atoms with E-state index >= 15 is 0 Å². The summed E-state index contributed by atoms with van der Waals surface area (Å²) in [6.07, 6.45) is 2.31. The number of likely N-dealkylation sites (tertiary alicyclic amines) is 1. The Labute approximate surface area is 83.3 Å². The van der Waals surface area contributed by atoms with Gasteiger partial charge in [0.05, 0.1) is 6.54 Å². The number of piperidine rings is 1. The number of nitrogens with zero attached hydrogens (tertiary/aromatic N) is 3. The molecule has 0 bridgehead atoms. The van der Waals surface area contributed by atoms with Crippen molar-refractivity contribution < 1.29 is 4.52 Å². The molecule has 14 heavy (non-hydrogen) atoms. The first-order valence-electron chi connectivity index (χ1n) is 4.95. The molecule has 0 spiro atoms. The second-order valence-electron chi connectivity index (χ2n) is 3.82. The van der Waals surface area contributed by atoms with Gasteiger partial charge in [0.2, 0.25) is 5.89 Å². The lowest BCUT2D eigenvalue weighted by atomic mass is 9.98. The summed E-state index contributed by atoms with van der Waals surface area (Å²) in [5, 5.41) is 3.91.